The third kappa shape index (κ3) is 19.7. The molecule has 0 aliphatic rings. The van der Waals surface area contributed by atoms with Crippen molar-refractivity contribution in [1.29, 1.82) is 0 Å². The summed E-state index contributed by atoms with van der Waals surface area (Å²) in [7, 11) is 0. The summed E-state index contributed by atoms with van der Waals surface area (Å²) in [5, 5.41) is 18.4. The van der Waals surface area contributed by atoms with Crippen LogP contribution >= 0.6 is 0 Å². The lowest BCUT2D eigenvalue weighted by Crippen LogP contribution is -1.84. The largest absolute Gasteiger partial charge is 0.0622 e. The lowest BCUT2D eigenvalue weighted by Gasteiger charge is -2.09. The fourth-order valence-corrected chi connectivity index (χ4v) is 16.0. The molecule has 0 fully saturated rings. The van der Waals surface area contributed by atoms with Gasteiger partial charge in [0.25, 0.3) is 0 Å². The van der Waals surface area contributed by atoms with E-state index >= 15 is 0 Å². The molecule has 0 bridgehead atoms. The molecule has 0 heterocycles. The van der Waals surface area contributed by atoms with Gasteiger partial charge in [-0.05, 0) is 230 Å². The van der Waals surface area contributed by atoms with Gasteiger partial charge in [0.15, 0.2) is 0 Å². The summed E-state index contributed by atoms with van der Waals surface area (Å²) in [5.41, 5.74) is 27.4. The Morgan fingerprint density at radius 3 is 1.02 bits per heavy atom. The fraction of sp³-hybridized carbons (Fsp3) is 0.0588. The zero-order chi connectivity index (χ0) is 81.7. The number of aryl methyl sites for hydroxylation is 7. The summed E-state index contributed by atoms with van der Waals surface area (Å²) in [5.74, 6) is 0. The highest BCUT2D eigenvalue weighted by Crippen LogP contribution is 2.37. The molecule has 0 saturated heterocycles. The average molecular weight is 1530 g/mol. The second-order valence-corrected chi connectivity index (χ2v) is 30.6. The Morgan fingerprint density at radius 1 is 0.109 bits per heavy atom. The van der Waals surface area contributed by atoms with Crippen molar-refractivity contribution < 1.29 is 0 Å². The van der Waals surface area contributed by atoms with Gasteiger partial charge < -0.3 is 0 Å². The monoisotopic (exact) mass is 1530 g/mol. The summed E-state index contributed by atoms with van der Waals surface area (Å²) in [6.07, 6.45) is 0. The SMILES string of the molecule is Cc1cc(-c2ccccc2)c2ccccc2c1.Cc1ccc(-c2ccc3ccccc3c2)cc1.Cc1ccc(-c2ccccc2)c2ccccc12.Cc1ccc2c(-c3ccccc3)cccc2c1.Cc1cccc(-c2cccc3ccccc23)c1.Cc1cccc2c(-c3ccccc3)cccc12.Cc1ccccc1-c1cccc2ccccc12. The maximum absolute atomic E-state index is 2.26. The summed E-state index contributed by atoms with van der Waals surface area (Å²) in [6.45, 7) is 15.0. The summed E-state index contributed by atoms with van der Waals surface area (Å²) < 4.78 is 0. The van der Waals surface area contributed by atoms with Gasteiger partial charge in [-0.25, -0.2) is 0 Å². The van der Waals surface area contributed by atoms with Crippen molar-refractivity contribution in [2.24, 2.45) is 0 Å². The van der Waals surface area contributed by atoms with E-state index in [9.17, 15) is 0 Å². The van der Waals surface area contributed by atoms with Crippen LogP contribution in [-0.4, -0.2) is 0 Å². The molecule has 0 spiro atoms. The van der Waals surface area contributed by atoms with Crippen LogP contribution in [0.2, 0.25) is 0 Å². The maximum atomic E-state index is 2.26. The van der Waals surface area contributed by atoms with Gasteiger partial charge in [0.2, 0.25) is 0 Å². The Balaban J connectivity index is 0.000000108. The minimum atomic E-state index is 1.28. The molecule has 0 unspecified atom stereocenters. The van der Waals surface area contributed by atoms with Gasteiger partial charge >= 0.3 is 0 Å². The van der Waals surface area contributed by atoms with Crippen molar-refractivity contribution in [3.8, 4) is 77.9 Å². The third-order valence-corrected chi connectivity index (χ3v) is 22.1. The first-order valence-corrected chi connectivity index (χ1v) is 41.3. The molecule has 0 saturated carbocycles. The van der Waals surface area contributed by atoms with Crippen molar-refractivity contribution in [3.63, 3.8) is 0 Å². The maximum Gasteiger partial charge on any atom is -0.0103 e. The molecule has 0 nitrogen and oxygen atoms in total. The van der Waals surface area contributed by atoms with Gasteiger partial charge in [0.1, 0.15) is 0 Å². The van der Waals surface area contributed by atoms with Gasteiger partial charge in [0, 0.05) is 0 Å². The Bertz CT molecular complexity index is 6860. The summed E-state index contributed by atoms with van der Waals surface area (Å²) >= 11 is 0. The Hall–Kier alpha value is -14.6. The molecular weight excluding hydrogens is 1430 g/mol. The van der Waals surface area contributed by atoms with Crippen molar-refractivity contribution in [1.82, 2.24) is 0 Å². The number of benzene rings is 21. The van der Waals surface area contributed by atoms with Gasteiger partial charge in [0.05, 0.1) is 0 Å². The number of hydrogen-bond donors (Lipinski definition) is 0. The Kier molecular flexibility index (Phi) is 25.9. The average Bonchev–Trinajstić information content (AvgIpc) is 0.829. The van der Waals surface area contributed by atoms with E-state index in [0.29, 0.717) is 0 Å². The molecule has 0 amide bonds. The van der Waals surface area contributed by atoms with E-state index in [1.807, 2.05) is 0 Å². The van der Waals surface area contributed by atoms with Crippen LogP contribution in [0.15, 0.2) is 467 Å². The fourth-order valence-electron chi connectivity index (χ4n) is 16.0. The first kappa shape index (κ1) is 79.7. The van der Waals surface area contributed by atoms with E-state index in [2.05, 4.69) is 516 Å². The van der Waals surface area contributed by atoms with E-state index in [-0.39, 0.29) is 0 Å². The molecule has 21 aromatic rings. The summed E-state index contributed by atoms with van der Waals surface area (Å²) in [6, 6.07) is 165. The number of fused-ring (bicyclic) bond motifs is 7. The molecular formula is C119H98. The smallest absolute Gasteiger partial charge is 0.0103 e. The molecule has 21 rings (SSSR count). The van der Waals surface area contributed by atoms with E-state index in [4.69, 9.17) is 0 Å². The van der Waals surface area contributed by atoms with Crippen LogP contribution in [-0.2, 0) is 0 Å². The molecule has 0 heteroatoms. The first-order valence-electron chi connectivity index (χ1n) is 41.3. The molecule has 0 radical (unpaired) electrons. The lowest BCUT2D eigenvalue weighted by atomic mass is 9.95. The van der Waals surface area contributed by atoms with Crippen molar-refractivity contribution >= 4 is 75.4 Å². The van der Waals surface area contributed by atoms with Crippen LogP contribution in [0.5, 0.6) is 0 Å². The van der Waals surface area contributed by atoms with Crippen molar-refractivity contribution in [2.45, 2.75) is 48.5 Å². The van der Waals surface area contributed by atoms with Crippen LogP contribution < -0.4 is 0 Å². The minimum Gasteiger partial charge on any atom is -0.0622 e. The Labute approximate surface area is 703 Å². The lowest BCUT2D eigenvalue weighted by molar-refractivity contribution is 1.47. The standard InChI is InChI=1S/7C17H14/c1-13-7-2-4-10-15(13)17-12-6-9-14-8-3-5-11-16(14)17;1-13-6-4-9-15(12-13)17-11-5-8-14-7-2-3-10-16(14)17;1-13-7-5-12-17-15(13)10-6-11-16(17)14-8-3-2-4-9-14;1-13-11-15-9-5-6-10-16(15)17(12-13)14-7-3-2-4-8-14;1-13-11-12-16(14-7-3-2-4-8-14)17-10-6-5-9-15(13)17;1-13-10-11-17-15(12-13)8-5-9-16(17)14-6-3-2-4-7-14;1-13-6-8-15(9-7-13)17-11-10-14-4-2-3-5-16(14)12-17/h7*2-12H,1H3. The minimum absolute atomic E-state index is 1.28. The van der Waals surface area contributed by atoms with Crippen LogP contribution in [0.4, 0.5) is 0 Å². The Morgan fingerprint density at radius 2 is 0.437 bits per heavy atom. The quantitative estimate of drug-likeness (QED) is 0.149. The first-order chi connectivity index (χ1) is 58.4. The van der Waals surface area contributed by atoms with Gasteiger partial charge in [-0.3, -0.25) is 0 Å². The van der Waals surface area contributed by atoms with Gasteiger partial charge in [-0.1, -0.05) is 478 Å². The molecule has 0 atom stereocenters. The van der Waals surface area contributed by atoms with Crippen molar-refractivity contribution in [2.75, 3.05) is 0 Å². The predicted molar refractivity (Wildman–Crippen MR) is 519 cm³/mol. The van der Waals surface area contributed by atoms with E-state index in [0.717, 1.165) is 0 Å². The molecule has 21 aromatic carbocycles. The van der Waals surface area contributed by atoms with E-state index in [1.54, 1.807) is 0 Å². The highest BCUT2D eigenvalue weighted by Gasteiger charge is 2.11. The zero-order valence-electron chi connectivity index (χ0n) is 69.0. The van der Waals surface area contributed by atoms with Crippen molar-refractivity contribution in [3.05, 3.63) is 506 Å². The zero-order valence-corrected chi connectivity index (χ0v) is 69.0. The second-order valence-electron chi connectivity index (χ2n) is 30.6. The second kappa shape index (κ2) is 38.7. The van der Waals surface area contributed by atoms with Gasteiger partial charge in [-0.15, -0.1) is 0 Å². The highest BCUT2D eigenvalue weighted by atomic mass is 14.2. The molecule has 574 valence electrons. The van der Waals surface area contributed by atoms with Crippen LogP contribution in [0, 0.1) is 48.5 Å². The van der Waals surface area contributed by atoms with Crippen LogP contribution in [0.3, 0.4) is 0 Å². The predicted octanol–water partition coefficient (Wildman–Crippen LogP) is 33.7. The molecule has 0 aliphatic carbocycles. The van der Waals surface area contributed by atoms with E-state index in [1.165, 1.54) is 192 Å². The van der Waals surface area contributed by atoms with Crippen LogP contribution in [0.1, 0.15) is 38.9 Å². The van der Waals surface area contributed by atoms with Crippen LogP contribution in [0.25, 0.3) is 153 Å². The van der Waals surface area contributed by atoms with Gasteiger partial charge in [-0.2, -0.15) is 0 Å². The molecule has 119 heavy (non-hydrogen) atoms. The molecule has 0 aliphatic heterocycles. The molecule has 0 N–H and O–H groups in total. The normalized spacial score (nSPS) is 10.6. The number of rotatable bonds is 7. The topological polar surface area (TPSA) is 0 Å². The number of hydrogen-bond acceptors (Lipinski definition) is 0. The van der Waals surface area contributed by atoms with E-state index < -0.39 is 0 Å². The summed E-state index contributed by atoms with van der Waals surface area (Å²) in [4.78, 5) is 0. The highest BCUT2D eigenvalue weighted by molar-refractivity contribution is 6.03. The molecule has 0 aromatic heterocycles. The third-order valence-electron chi connectivity index (χ3n) is 22.1.